The number of nitrogens with zero attached hydrogens (tertiary/aromatic N) is 2. The van der Waals surface area contributed by atoms with Crippen LogP contribution >= 0.6 is 11.3 Å². The van der Waals surface area contributed by atoms with Gasteiger partial charge in [-0.25, -0.2) is 0 Å². The van der Waals surface area contributed by atoms with Crippen LogP contribution in [0.1, 0.15) is 12.3 Å². The first-order valence-corrected chi connectivity index (χ1v) is 5.20. The molecule has 0 spiro atoms. The van der Waals surface area contributed by atoms with Crippen molar-refractivity contribution in [3.8, 4) is 10.7 Å². The summed E-state index contributed by atoms with van der Waals surface area (Å²) in [5.74, 6) is -0.299. The first-order chi connectivity index (χ1) is 7.25. The van der Waals surface area contributed by atoms with Gasteiger partial charge in [-0.3, -0.25) is 0 Å². The molecule has 0 saturated heterocycles. The molecule has 0 N–H and O–H groups in total. The molecule has 0 amide bonds. The quantitative estimate of drug-likeness (QED) is 0.556. The molecule has 0 bridgehead atoms. The molecule has 0 atom stereocenters. The third kappa shape index (κ3) is 3.41. The van der Waals surface area contributed by atoms with Crippen LogP contribution in [0.4, 0.5) is 0 Å². The summed E-state index contributed by atoms with van der Waals surface area (Å²) in [6, 6.07) is 3.76. The Bertz CT molecular complexity index is 455. The molecule has 16 heavy (non-hydrogen) atoms. The summed E-state index contributed by atoms with van der Waals surface area (Å²) in [7, 11) is 0. The minimum atomic E-state index is -1.12. The van der Waals surface area contributed by atoms with Crippen LogP contribution < -0.4 is 34.7 Å². The Labute approximate surface area is 118 Å². The van der Waals surface area contributed by atoms with Crippen LogP contribution in [-0.2, 0) is 11.2 Å². The first kappa shape index (κ1) is 13.4. The van der Waals surface area contributed by atoms with E-state index < -0.39 is 5.97 Å². The fourth-order valence-electron chi connectivity index (χ4n) is 1.07. The summed E-state index contributed by atoms with van der Waals surface area (Å²) in [5.41, 5.74) is 0. The fraction of sp³-hybridized carbons (Fsp3) is 0.222. The fourth-order valence-corrected chi connectivity index (χ4v) is 1.72. The molecule has 2 aromatic rings. The predicted octanol–water partition coefficient (Wildman–Crippen LogP) is -2.52. The molecule has 0 aliphatic heterocycles. The van der Waals surface area contributed by atoms with E-state index in [1.165, 1.54) is 11.3 Å². The van der Waals surface area contributed by atoms with E-state index in [0.717, 1.165) is 4.88 Å². The Hall–Kier alpha value is -0.690. The second kappa shape index (κ2) is 6.15. The maximum absolute atomic E-state index is 10.2. The Morgan fingerprint density at radius 2 is 2.38 bits per heavy atom. The number of carbonyl (C=O) groups is 1. The van der Waals surface area contributed by atoms with Crippen LogP contribution in [0.25, 0.3) is 10.7 Å². The zero-order valence-electron chi connectivity index (χ0n) is 8.67. The predicted molar refractivity (Wildman–Crippen MR) is 50.9 cm³/mol. The van der Waals surface area contributed by atoms with Gasteiger partial charge in [-0.15, -0.1) is 11.3 Å². The van der Waals surface area contributed by atoms with Crippen molar-refractivity contribution in [2.45, 2.75) is 12.8 Å². The van der Waals surface area contributed by atoms with Crippen LogP contribution in [0.3, 0.4) is 0 Å². The monoisotopic (exact) mass is 246 g/mol. The summed E-state index contributed by atoms with van der Waals surface area (Å²) in [6.07, 6.45) is 0.104. The maximum Gasteiger partial charge on any atom is 1.00 e. The molecule has 0 radical (unpaired) electrons. The second-order valence-electron chi connectivity index (χ2n) is 2.86. The van der Waals surface area contributed by atoms with E-state index in [-0.39, 0.29) is 42.4 Å². The Kier molecular flexibility index (Phi) is 5.14. The average Bonchev–Trinajstić information content (AvgIpc) is 2.85. The van der Waals surface area contributed by atoms with Gasteiger partial charge >= 0.3 is 29.6 Å². The van der Waals surface area contributed by atoms with E-state index in [4.69, 9.17) is 4.52 Å². The number of hydrogen-bond acceptors (Lipinski definition) is 6. The second-order valence-corrected chi connectivity index (χ2v) is 3.81. The number of carboxylic acid groups (broad SMARTS) is 1. The van der Waals surface area contributed by atoms with E-state index in [2.05, 4.69) is 10.1 Å². The molecule has 2 rings (SSSR count). The van der Waals surface area contributed by atoms with Gasteiger partial charge in [0.25, 0.3) is 0 Å². The number of thiophene rings is 1. The summed E-state index contributed by atoms with van der Waals surface area (Å²) in [4.78, 5) is 15.2. The number of aromatic nitrogens is 2. The average molecular weight is 246 g/mol. The summed E-state index contributed by atoms with van der Waals surface area (Å²) in [5, 5.41) is 15.9. The third-order valence-electron chi connectivity index (χ3n) is 1.75. The van der Waals surface area contributed by atoms with E-state index in [1.807, 2.05) is 17.5 Å². The van der Waals surface area contributed by atoms with Gasteiger partial charge in [0.1, 0.15) is 0 Å². The van der Waals surface area contributed by atoms with Crippen molar-refractivity contribution < 1.29 is 44.0 Å². The van der Waals surface area contributed by atoms with E-state index in [9.17, 15) is 9.90 Å². The molecule has 7 heteroatoms. The molecular weight excluding hydrogens is 239 g/mol. The van der Waals surface area contributed by atoms with E-state index in [0.29, 0.717) is 11.7 Å². The van der Waals surface area contributed by atoms with Crippen molar-refractivity contribution in [1.82, 2.24) is 10.1 Å². The topological polar surface area (TPSA) is 79.0 Å². The zero-order valence-corrected chi connectivity index (χ0v) is 11.5. The van der Waals surface area contributed by atoms with Crippen molar-refractivity contribution in [3.63, 3.8) is 0 Å². The molecular formula is C9H7N2NaO3S. The van der Waals surface area contributed by atoms with Crippen LogP contribution in [0, 0.1) is 0 Å². The minimum absolute atomic E-state index is 0. The molecule has 0 fully saturated rings. The van der Waals surface area contributed by atoms with E-state index >= 15 is 0 Å². The van der Waals surface area contributed by atoms with Gasteiger partial charge in [-0.2, -0.15) is 4.98 Å². The Morgan fingerprint density at radius 3 is 3.00 bits per heavy atom. The summed E-state index contributed by atoms with van der Waals surface area (Å²) < 4.78 is 4.89. The van der Waals surface area contributed by atoms with Gasteiger partial charge in [0.2, 0.25) is 11.7 Å². The van der Waals surface area contributed by atoms with Crippen molar-refractivity contribution in [1.29, 1.82) is 0 Å². The summed E-state index contributed by atoms with van der Waals surface area (Å²) >= 11 is 1.50. The molecule has 2 aromatic heterocycles. The minimum Gasteiger partial charge on any atom is -0.550 e. The maximum atomic E-state index is 10.2. The molecule has 78 valence electrons. The first-order valence-electron chi connectivity index (χ1n) is 4.32. The third-order valence-corrected chi connectivity index (χ3v) is 2.62. The number of aryl methyl sites for hydroxylation is 1. The van der Waals surface area contributed by atoms with Gasteiger partial charge < -0.3 is 14.4 Å². The van der Waals surface area contributed by atoms with Crippen molar-refractivity contribution in [3.05, 3.63) is 23.4 Å². The van der Waals surface area contributed by atoms with Crippen molar-refractivity contribution in [2.24, 2.45) is 0 Å². The molecule has 0 unspecified atom stereocenters. The standard InChI is InChI=1S/C9H8N2O3S.Na/c12-8(13)4-3-7-10-9(11-14-7)6-2-1-5-15-6;/h1-2,5H,3-4H2,(H,12,13);/q;+1/p-1. The number of rotatable bonds is 4. The number of hydrogen-bond donors (Lipinski definition) is 0. The van der Waals surface area contributed by atoms with E-state index in [1.54, 1.807) is 0 Å². The van der Waals surface area contributed by atoms with Crippen LogP contribution in [0.15, 0.2) is 22.0 Å². The molecule has 2 heterocycles. The molecule has 0 aromatic carbocycles. The van der Waals surface area contributed by atoms with Crippen molar-refractivity contribution >= 4 is 17.3 Å². The van der Waals surface area contributed by atoms with Gasteiger partial charge in [0.05, 0.1) is 4.88 Å². The number of carbonyl (C=O) groups excluding carboxylic acids is 1. The van der Waals surface area contributed by atoms with Gasteiger partial charge in [0, 0.05) is 12.4 Å². The normalized spacial score (nSPS) is 9.75. The molecule has 0 aliphatic carbocycles. The van der Waals surface area contributed by atoms with Gasteiger partial charge in [0.15, 0.2) is 0 Å². The van der Waals surface area contributed by atoms with Crippen LogP contribution in [-0.4, -0.2) is 16.1 Å². The van der Waals surface area contributed by atoms with Gasteiger partial charge in [-0.05, 0) is 17.9 Å². The smallest absolute Gasteiger partial charge is 0.550 e. The Morgan fingerprint density at radius 1 is 1.56 bits per heavy atom. The molecule has 0 saturated carbocycles. The molecule has 0 aliphatic rings. The zero-order chi connectivity index (χ0) is 10.7. The van der Waals surface area contributed by atoms with Crippen LogP contribution in [0.2, 0.25) is 0 Å². The van der Waals surface area contributed by atoms with Crippen molar-refractivity contribution in [2.75, 3.05) is 0 Å². The Balaban J connectivity index is 0.00000128. The van der Waals surface area contributed by atoms with Crippen LogP contribution in [0.5, 0.6) is 0 Å². The van der Waals surface area contributed by atoms with Gasteiger partial charge in [-0.1, -0.05) is 11.2 Å². The number of carboxylic acids is 1. The SMILES string of the molecule is O=C([O-])CCc1nc(-c2cccs2)no1.[Na+]. The summed E-state index contributed by atoms with van der Waals surface area (Å²) in [6.45, 7) is 0. The molecule has 5 nitrogen and oxygen atoms in total. The number of aliphatic carboxylic acids is 1. The largest absolute Gasteiger partial charge is 1.00 e.